The number of fused-ring (bicyclic) bond motifs is 1. The Morgan fingerprint density at radius 3 is 2.68 bits per heavy atom. The molecule has 4 nitrogen and oxygen atoms in total. The minimum atomic E-state index is -2.88. The smallest absolute Gasteiger partial charge is 0.251 e. The van der Waals surface area contributed by atoms with Crippen LogP contribution in [0.15, 0.2) is 36.5 Å². The fourth-order valence-electron chi connectivity index (χ4n) is 6.16. The van der Waals surface area contributed by atoms with Gasteiger partial charge in [0.1, 0.15) is 11.9 Å². The first-order valence-corrected chi connectivity index (χ1v) is 12.1. The lowest BCUT2D eigenvalue weighted by atomic mass is 9.52. The Morgan fingerprint density at radius 1 is 1.24 bits per heavy atom. The van der Waals surface area contributed by atoms with Crippen molar-refractivity contribution in [3.05, 3.63) is 53.3 Å². The number of rotatable bonds is 4. The van der Waals surface area contributed by atoms with Crippen LogP contribution in [0.25, 0.3) is 11.1 Å². The van der Waals surface area contributed by atoms with E-state index >= 15 is 8.78 Å². The summed E-state index contributed by atoms with van der Waals surface area (Å²) in [6, 6.07) is 11.8. The maximum absolute atomic E-state index is 15.1. The fraction of sp³-hybridized carbons (Fsp3) is 0.536. The van der Waals surface area contributed by atoms with Crippen molar-refractivity contribution in [1.29, 1.82) is 5.26 Å². The molecule has 2 fully saturated rings. The van der Waals surface area contributed by atoms with Gasteiger partial charge < -0.3 is 4.74 Å². The topological polar surface area (TPSA) is 63.0 Å². The quantitative estimate of drug-likeness (QED) is 0.542. The molecule has 34 heavy (non-hydrogen) atoms. The van der Waals surface area contributed by atoms with Crippen LogP contribution in [0.2, 0.25) is 0 Å². The first kappa shape index (κ1) is 24.5. The number of hydrogen-bond acceptors (Lipinski definition) is 4. The third kappa shape index (κ3) is 4.15. The summed E-state index contributed by atoms with van der Waals surface area (Å²) in [6.45, 7) is 7.72. The van der Waals surface area contributed by atoms with Gasteiger partial charge in [-0.05, 0) is 44.2 Å². The zero-order valence-electron chi connectivity index (χ0n) is 20.3. The van der Waals surface area contributed by atoms with Gasteiger partial charge >= 0.3 is 0 Å². The zero-order chi connectivity index (χ0) is 24.7. The van der Waals surface area contributed by atoms with E-state index in [2.05, 4.69) is 11.1 Å². The molecule has 1 aromatic heterocycles. The lowest BCUT2D eigenvalue weighted by Crippen LogP contribution is -2.57. The largest absolute Gasteiger partial charge is 0.377 e. The molecule has 1 aliphatic heterocycles. The van der Waals surface area contributed by atoms with Gasteiger partial charge in [-0.15, -0.1) is 0 Å². The van der Waals surface area contributed by atoms with E-state index in [1.165, 1.54) is 0 Å². The third-order valence-electron chi connectivity index (χ3n) is 8.51. The predicted octanol–water partition coefficient (Wildman–Crippen LogP) is 6.15. The van der Waals surface area contributed by atoms with Gasteiger partial charge in [0.2, 0.25) is 0 Å². The van der Waals surface area contributed by atoms with Crippen LogP contribution in [0.3, 0.4) is 0 Å². The Labute approximate surface area is 200 Å². The van der Waals surface area contributed by atoms with Gasteiger partial charge in [0.15, 0.2) is 0 Å². The number of aryl methyl sites for hydroxylation is 2. The number of aromatic nitrogens is 1. The van der Waals surface area contributed by atoms with Crippen LogP contribution in [0, 0.1) is 41.4 Å². The summed E-state index contributed by atoms with van der Waals surface area (Å²) in [4.78, 5) is 17.4. The average Bonchev–Trinajstić information content (AvgIpc) is 2.91. The molecule has 1 aliphatic carbocycles. The molecule has 2 aliphatic rings. The summed E-state index contributed by atoms with van der Waals surface area (Å²) in [7, 11) is 0. The molecule has 1 saturated carbocycles. The molecular weight excluding hydrogens is 434 g/mol. The fourth-order valence-corrected chi connectivity index (χ4v) is 6.16. The van der Waals surface area contributed by atoms with Gasteiger partial charge in [-0.2, -0.15) is 5.26 Å². The number of halogens is 2. The maximum Gasteiger partial charge on any atom is 0.251 e. The highest BCUT2D eigenvalue weighted by molar-refractivity contribution is 5.82. The number of nitrogens with zero attached hydrogens (tertiary/aromatic N) is 2. The summed E-state index contributed by atoms with van der Waals surface area (Å²) >= 11 is 0. The van der Waals surface area contributed by atoms with Gasteiger partial charge in [0.05, 0.1) is 18.3 Å². The summed E-state index contributed by atoms with van der Waals surface area (Å²) in [5.41, 5.74) is 3.39. The van der Waals surface area contributed by atoms with Crippen LogP contribution >= 0.6 is 0 Å². The second kappa shape index (κ2) is 9.19. The molecule has 1 aromatic carbocycles. The molecule has 6 heteroatoms. The van der Waals surface area contributed by atoms with Crippen LogP contribution in [-0.4, -0.2) is 29.4 Å². The number of benzene rings is 1. The lowest BCUT2D eigenvalue weighted by Gasteiger charge is -2.54. The van der Waals surface area contributed by atoms with Gasteiger partial charge in [-0.25, -0.2) is 8.78 Å². The average molecular weight is 467 g/mol. The molecule has 4 rings (SSSR count). The van der Waals surface area contributed by atoms with Crippen LogP contribution < -0.4 is 0 Å². The number of pyridine rings is 1. The number of ketones is 1. The first-order chi connectivity index (χ1) is 16.1. The van der Waals surface area contributed by atoms with Crippen molar-refractivity contribution in [2.24, 2.45) is 23.2 Å². The Kier molecular flexibility index (Phi) is 6.61. The molecule has 180 valence electrons. The van der Waals surface area contributed by atoms with Crippen LogP contribution in [0.1, 0.15) is 56.9 Å². The third-order valence-corrected chi connectivity index (χ3v) is 8.51. The highest BCUT2D eigenvalue weighted by atomic mass is 19.3. The standard InChI is InChI=1S/C28H32F2N2O2/c1-17-6-5-7-22(23(17)15-31)20-8-9-21(32-16-20)10-11-24-18(2)28(29,30)14-25-26(33)12-13-34-19(3)27(24,25)4/h5-9,16,18-19,24-25H,10-14H2,1-4H3/t18-,19+,24-,25-,27-/m0/s1. The van der Waals surface area contributed by atoms with Crippen LogP contribution in [-0.2, 0) is 16.0 Å². The molecular formula is C28H32F2N2O2. The van der Waals surface area contributed by atoms with Crippen molar-refractivity contribution >= 4 is 5.78 Å². The number of ether oxygens (including phenoxy) is 1. The van der Waals surface area contributed by atoms with E-state index in [9.17, 15) is 10.1 Å². The summed E-state index contributed by atoms with van der Waals surface area (Å²) in [5.74, 6) is -4.90. The minimum absolute atomic E-state index is 0.0997. The van der Waals surface area contributed by atoms with Gasteiger partial charge in [0, 0.05) is 53.1 Å². The molecule has 0 bridgehead atoms. The van der Waals surface area contributed by atoms with Crippen molar-refractivity contribution in [3.8, 4) is 17.2 Å². The minimum Gasteiger partial charge on any atom is -0.377 e. The van der Waals surface area contributed by atoms with Gasteiger partial charge in [0.25, 0.3) is 5.92 Å². The SMILES string of the molecule is Cc1cccc(-c2ccc(CC[C@H]3[C@H](C)C(F)(F)C[C@H]4C(=O)CCO[C@H](C)[C@]43C)nc2)c1C#N. The summed E-state index contributed by atoms with van der Waals surface area (Å²) < 4.78 is 36.0. The zero-order valence-corrected chi connectivity index (χ0v) is 20.3. The number of carbonyl (C=O) groups excluding carboxylic acids is 1. The van der Waals surface area contributed by atoms with Crippen LogP contribution in [0.5, 0.6) is 0 Å². The van der Waals surface area contributed by atoms with Crippen LogP contribution in [0.4, 0.5) is 8.78 Å². The van der Waals surface area contributed by atoms with E-state index in [0.29, 0.717) is 25.0 Å². The van der Waals surface area contributed by atoms with E-state index in [0.717, 1.165) is 22.4 Å². The van der Waals surface area contributed by atoms with Crippen molar-refractivity contribution in [2.75, 3.05) is 6.61 Å². The number of carbonyl (C=O) groups is 1. The maximum atomic E-state index is 15.1. The Balaban J connectivity index is 1.59. The summed E-state index contributed by atoms with van der Waals surface area (Å²) in [6.07, 6.45) is 2.33. The first-order valence-electron chi connectivity index (χ1n) is 12.1. The van der Waals surface area contributed by atoms with Crippen molar-refractivity contribution in [2.45, 2.75) is 65.4 Å². The highest BCUT2D eigenvalue weighted by Gasteiger charge is 2.62. The molecule has 0 N–H and O–H groups in total. The van der Waals surface area contributed by atoms with Crippen molar-refractivity contribution in [3.63, 3.8) is 0 Å². The van der Waals surface area contributed by atoms with E-state index in [-0.39, 0.29) is 24.2 Å². The molecule has 0 spiro atoms. The highest BCUT2D eigenvalue weighted by Crippen LogP contribution is 2.58. The monoisotopic (exact) mass is 466 g/mol. The van der Waals surface area contributed by atoms with Gasteiger partial charge in [-0.1, -0.05) is 38.1 Å². The number of hydrogen-bond donors (Lipinski definition) is 0. The molecule has 0 amide bonds. The lowest BCUT2D eigenvalue weighted by molar-refractivity contribution is -0.198. The number of nitriles is 1. The molecule has 1 saturated heterocycles. The predicted molar refractivity (Wildman–Crippen MR) is 126 cm³/mol. The second-order valence-corrected chi connectivity index (χ2v) is 10.2. The van der Waals surface area contributed by atoms with Crippen molar-refractivity contribution in [1.82, 2.24) is 4.98 Å². The molecule has 5 atom stereocenters. The van der Waals surface area contributed by atoms with E-state index < -0.39 is 29.6 Å². The molecule has 2 aromatic rings. The summed E-state index contributed by atoms with van der Waals surface area (Å²) in [5, 5.41) is 9.52. The van der Waals surface area contributed by atoms with E-state index in [4.69, 9.17) is 4.74 Å². The Hall–Kier alpha value is -2.65. The van der Waals surface area contributed by atoms with E-state index in [1.807, 2.05) is 51.1 Å². The number of Topliss-reactive ketones (excluding diaryl/α,β-unsaturated/α-hetero) is 1. The number of alkyl halides is 2. The molecule has 0 unspecified atom stereocenters. The van der Waals surface area contributed by atoms with Crippen molar-refractivity contribution < 1.29 is 18.3 Å². The Morgan fingerprint density at radius 2 is 2.00 bits per heavy atom. The normalized spacial score (nSPS) is 30.8. The van der Waals surface area contributed by atoms with Gasteiger partial charge in [-0.3, -0.25) is 9.78 Å². The molecule has 2 heterocycles. The Bertz CT molecular complexity index is 1110. The second-order valence-electron chi connectivity index (χ2n) is 10.2. The molecule has 0 radical (unpaired) electrons. The van der Waals surface area contributed by atoms with E-state index in [1.54, 1.807) is 13.1 Å².